The van der Waals surface area contributed by atoms with Crippen LogP contribution < -0.4 is 5.56 Å². The first-order valence-electron chi connectivity index (χ1n) is 10.3. The van der Waals surface area contributed by atoms with Crippen molar-refractivity contribution in [3.05, 3.63) is 68.6 Å². The number of H-pyrrole nitrogens is 1. The smallest absolute Gasteiger partial charge is 0.261 e. The van der Waals surface area contributed by atoms with Crippen molar-refractivity contribution in [2.24, 2.45) is 0 Å². The lowest BCUT2D eigenvalue weighted by Gasteiger charge is -2.38. The fourth-order valence-corrected chi connectivity index (χ4v) is 4.48. The van der Waals surface area contributed by atoms with Crippen LogP contribution >= 0.6 is 0 Å². The van der Waals surface area contributed by atoms with Crippen molar-refractivity contribution in [1.29, 1.82) is 0 Å². The molecule has 0 saturated carbocycles. The highest BCUT2D eigenvalue weighted by Crippen LogP contribution is 2.33. The summed E-state index contributed by atoms with van der Waals surface area (Å²) in [7, 11) is 0. The van der Waals surface area contributed by atoms with Crippen molar-refractivity contribution in [1.82, 2.24) is 9.88 Å². The first kappa shape index (κ1) is 18.9. The number of aromatic amines is 1. The van der Waals surface area contributed by atoms with Crippen LogP contribution in [0.2, 0.25) is 0 Å². The number of carbonyl (C=O) groups excluding carboxylic acids is 1. The zero-order valence-corrected chi connectivity index (χ0v) is 16.5. The average molecular weight is 380 g/mol. The lowest BCUT2D eigenvalue weighted by Crippen LogP contribution is -2.46. The summed E-state index contributed by atoms with van der Waals surface area (Å²) >= 11 is 0. The number of benzene rings is 1. The zero-order chi connectivity index (χ0) is 19.7. The lowest BCUT2D eigenvalue weighted by molar-refractivity contribution is -0.0212. The van der Waals surface area contributed by atoms with Crippen molar-refractivity contribution in [2.45, 2.75) is 57.5 Å². The molecule has 5 nitrogen and oxygen atoms in total. The van der Waals surface area contributed by atoms with E-state index in [2.05, 4.69) is 4.98 Å². The molecule has 28 heavy (non-hydrogen) atoms. The summed E-state index contributed by atoms with van der Waals surface area (Å²) in [6, 6.07) is 9.73. The Kier molecular flexibility index (Phi) is 5.11. The molecule has 1 aromatic carbocycles. The second-order valence-electron chi connectivity index (χ2n) is 8.27. The number of nitrogens with one attached hydrogen (secondary N) is 1. The number of carbonyl (C=O) groups is 1. The Morgan fingerprint density at radius 1 is 1.11 bits per heavy atom. The van der Waals surface area contributed by atoms with Gasteiger partial charge in [0.2, 0.25) is 0 Å². The minimum Gasteiger partial charge on any atom is -0.385 e. The Labute approximate surface area is 165 Å². The van der Waals surface area contributed by atoms with E-state index in [1.165, 1.54) is 0 Å². The molecule has 0 spiro atoms. The second kappa shape index (κ2) is 7.55. The molecule has 4 rings (SSSR count). The minimum absolute atomic E-state index is 0.223. The Morgan fingerprint density at radius 3 is 2.61 bits per heavy atom. The van der Waals surface area contributed by atoms with Gasteiger partial charge >= 0.3 is 0 Å². The predicted octanol–water partition coefficient (Wildman–Crippen LogP) is 3.08. The van der Waals surface area contributed by atoms with Gasteiger partial charge < -0.3 is 15.0 Å². The van der Waals surface area contributed by atoms with Gasteiger partial charge in [0.15, 0.2) is 0 Å². The third kappa shape index (κ3) is 3.63. The molecule has 1 aromatic heterocycles. The number of hydrogen-bond acceptors (Lipinski definition) is 3. The molecule has 0 unspecified atom stereocenters. The van der Waals surface area contributed by atoms with E-state index in [1.807, 2.05) is 37.3 Å². The molecule has 1 saturated heterocycles. The van der Waals surface area contributed by atoms with Gasteiger partial charge in [-0.05, 0) is 62.6 Å². The van der Waals surface area contributed by atoms with Gasteiger partial charge in [-0.25, -0.2) is 0 Å². The fraction of sp³-hybridized carbons (Fsp3) is 0.478. The Bertz CT molecular complexity index is 939. The van der Waals surface area contributed by atoms with Crippen LogP contribution in [0.4, 0.5) is 0 Å². The number of aliphatic hydroxyl groups is 1. The molecule has 1 aliphatic heterocycles. The standard InChI is InChI=1S/C23H28N2O3/c1-16-6-5-8-18(14-16)23(28)10-12-25(13-11-23)22(27)19-15-17-7-3-2-4-9-20(17)24-21(19)26/h5-6,8,14-15,28H,2-4,7,9-13H2,1H3,(H,24,26). The molecule has 2 aromatic rings. The largest absolute Gasteiger partial charge is 0.385 e. The van der Waals surface area contributed by atoms with Gasteiger partial charge in [-0.3, -0.25) is 9.59 Å². The fourth-order valence-electron chi connectivity index (χ4n) is 4.48. The summed E-state index contributed by atoms with van der Waals surface area (Å²) in [6.07, 6.45) is 6.09. The first-order valence-corrected chi connectivity index (χ1v) is 10.3. The summed E-state index contributed by atoms with van der Waals surface area (Å²) in [5.74, 6) is -0.223. The summed E-state index contributed by atoms with van der Waals surface area (Å²) < 4.78 is 0. The van der Waals surface area contributed by atoms with Crippen molar-refractivity contribution in [3.8, 4) is 0 Å². The summed E-state index contributed by atoms with van der Waals surface area (Å²) in [5.41, 5.74) is 3.15. The topological polar surface area (TPSA) is 73.4 Å². The van der Waals surface area contributed by atoms with Crippen LogP contribution in [0.1, 0.15) is 64.8 Å². The van der Waals surface area contributed by atoms with Gasteiger partial charge in [0.25, 0.3) is 11.5 Å². The van der Waals surface area contributed by atoms with E-state index in [9.17, 15) is 14.7 Å². The molecule has 0 radical (unpaired) electrons. The molecule has 0 bridgehead atoms. The number of hydrogen-bond donors (Lipinski definition) is 2. The highest BCUT2D eigenvalue weighted by atomic mass is 16.3. The number of pyridine rings is 1. The Balaban J connectivity index is 1.51. The number of aromatic nitrogens is 1. The van der Waals surface area contributed by atoms with E-state index in [1.54, 1.807) is 4.90 Å². The van der Waals surface area contributed by atoms with Crippen LogP contribution in [-0.4, -0.2) is 34.0 Å². The average Bonchev–Trinajstić information content (AvgIpc) is 2.92. The quantitative estimate of drug-likeness (QED) is 0.787. The SMILES string of the molecule is Cc1cccc(C2(O)CCN(C(=O)c3cc4c([nH]c3=O)CCCCC4)CC2)c1. The maximum atomic E-state index is 13.0. The number of nitrogens with zero attached hydrogens (tertiary/aromatic N) is 1. The molecular weight excluding hydrogens is 352 g/mol. The van der Waals surface area contributed by atoms with Crippen LogP contribution in [-0.2, 0) is 18.4 Å². The second-order valence-corrected chi connectivity index (χ2v) is 8.27. The van der Waals surface area contributed by atoms with E-state index in [-0.39, 0.29) is 17.0 Å². The number of fused-ring (bicyclic) bond motifs is 1. The Morgan fingerprint density at radius 2 is 1.86 bits per heavy atom. The molecule has 1 amide bonds. The number of aryl methyl sites for hydroxylation is 3. The van der Waals surface area contributed by atoms with Gasteiger partial charge in [0.1, 0.15) is 5.56 Å². The molecule has 2 heterocycles. The molecular formula is C23H28N2O3. The molecule has 1 fully saturated rings. The maximum Gasteiger partial charge on any atom is 0.261 e. The van der Waals surface area contributed by atoms with E-state index in [4.69, 9.17) is 0 Å². The van der Waals surface area contributed by atoms with Crippen LogP contribution in [0.5, 0.6) is 0 Å². The van der Waals surface area contributed by atoms with Crippen molar-refractivity contribution >= 4 is 5.91 Å². The van der Waals surface area contributed by atoms with E-state index >= 15 is 0 Å². The normalized spacial score (nSPS) is 19.0. The van der Waals surface area contributed by atoms with E-state index in [0.29, 0.717) is 25.9 Å². The number of amides is 1. The Hall–Kier alpha value is -2.40. The maximum absolute atomic E-state index is 13.0. The van der Waals surface area contributed by atoms with Crippen LogP contribution in [0.25, 0.3) is 0 Å². The highest BCUT2D eigenvalue weighted by Gasteiger charge is 2.36. The van der Waals surface area contributed by atoms with E-state index < -0.39 is 5.60 Å². The van der Waals surface area contributed by atoms with Gasteiger partial charge in [-0.1, -0.05) is 36.2 Å². The van der Waals surface area contributed by atoms with Gasteiger partial charge in [-0.2, -0.15) is 0 Å². The third-order valence-corrected chi connectivity index (χ3v) is 6.25. The van der Waals surface area contributed by atoms with E-state index in [0.717, 1.165) is 54.5 Å². The number of rotatable bonds is 2. The third-order valence-electron chi connectivity index (χ3n) is 6.25. The summed E-state index contributed by atoms with van der Waals surface area (Å²) in [5, 5.41) is 11.1. The molecule has 2 N–H and O–H groups in total. The van der Waals surface area contributed by atoms with Crippen LogP contribution in [0, 0.1) is 6.92 Å². The van der Waals surface area contributed by atoms with Crippen LogP contribution in [0.3, 0.4) is 0 Å². The van der Waals surface area contributed by atoms with Gasteiger partial charge in [-0.15, -0.1) is 0 Å². The number of likely N-dealkylation sites (tertiary alicyclic amines) is 1. The monoisotopic (exact) mass is 380 g/mol. The van der Waals surface area contributed by atoms with Crippen molar-refractivity contribution in [2.75, 3.05) is 13.1 Å². The number of piperidine rings is 1. The zero-order valence-electron chi connectivity index (χ0n) is 16.5. The predicted molar refractivity (Wildman–Crippen MR) is 109 cm³/mol. The molecule has 2 aliphatic rings. The summed E-state index contributed by atoms with van der Waals surface area (Å²) in [6.45, 7) is 2.90. The van der Waals surface area contributed by atoms with Gasteiger partial charge in [0, 0.05) is 18.8 Å². The summed E-state index contributed by atoms with van der Waals surface area (Å²) in [4.78, 5) is 30.2. The van der Waals surface area contributed by atoms with Crippen molar-refractivity contribution in [3.63, 3.8) is 0 Å². The lowest BCUT2D eigenvalue weighted by atomic mass is 9.83. The molecule has 0 atom stereocenters. The first-order chi connectivity index (χ1) is 13.5. The van der Waals surface area contributed by atoms with Crippen LogP contribution in [0.15, 0.2) is 35.1 Å². The molecule has 5 heteroatoms. The molecule has 1 aliphatic carbocycles. The van der Waals surface area contributed by atoms with Crippen molar-refractivity contribution < 1.29 is 9.90 Å². The highest BCUT2D eigenvalue weighted by molar-refractivity contribution is 5.94. The minimum atomic E-state index is -0.914. The van der Waals surface area contributed by atoms with Gasteiger partial charge in [0.05, 0.1) is 5.60 Å². The molecule has 148 valence electrons.